The number of benzene rings is 1. The zero-order chi connectivity index (χ0) is 14.5. The van der Waals surface area contributed by atoms with Crippen molar-refractivity contribution in [1.29, 1.82) is 0 Å². The van der Waals surface area contributed by atoms with Gasteiger partial charge in [0.15, 0.2) is 11.6 Å². The molecular formula is C16H22F3N. The lowest BCUT2D eigenvalue weighted by Crippen LogP contribution is -2.19. The van der Waals surface area contributed by atoms with Crippen LogP contribution in [0.2, 0.25) is 0 Å². The van der Waals surface area contributed by atoms with Gasteiger partial charge in [0.25, 0.3) is 0 Å². The van der Waals surface area contributed by atoms with Gasteiger partial charge in [0.1, 0.15) is 5.82 Å². The molecule has 1 aromatic carbocycles. The van der Waals surface area contributed by atoms with Gasteiger partial charge in [-0.05, 0) is 25.2 Å². The second-order valence-corrected chi connectivity index (χ2v) is 5.75. The molecule has 4 heteroatoms. The highest BCUT2D eigenvalue weighted by atomic mass is 19.2. The average Bonchev–Trinajstić information content (AvgIpc) is 2.62. The molecule has 2 unspecified atom stereocenters. The lowest BCUT2D eigenvalue weighted by Gasteiger charge is -2.18. The molecule has 0 radical (unpaired) electrons. The van der Waals surface area contributed by atoms with Crippen molar-refractivity contribution in [3.63, 3.8) is 0 Å². The lowest BCUT2D eigenvalue weighted by atomic mass is 9.95. The number of rotatable bonds is 4. The lowest BCUT2D eigenvalue weighted by molar-refractivity contribution is 0.422. The molecule has 0 amide bonds. The Hall–Kier alpha value is -1.19. The van der Waals surface area contributed by atoms with Gasteiger partial charge in [-0.3, -0.25) is 0 Å². The maximum absolute atomic E-state index is 13.6. The summed E-state index contributed by atoms with van der Waals surface area (Å²) >= 11 is 0. The molecule has 0 aromatic heterocycles. The van der Waals surface area contributed by atoms with Crippen LogP contribution in [0.5, 0.6) is 0 Å². The zero-order valence-corrected chi connectivity index (χ0v) is 11.9. The standard InChI is InChI=1S/C16H22F3N/c1-2-4-11-5-3-6-13(8-7-11)20-15-10-12(17)9-14(18)16(15)19/h9-11,13,20H,2-8H2,1H3. The van der Waals surface area contributed by atoms with Gasteiger partial charge in [-0.2, -0.15) is 0 Å². The first-order chi connectivity index (χ1) is 9.60. The molecule has 1 N–H and O–H groups in total. The first kappa shape index (κ1) is 15.2. The van der Waals surface area contributed by atoms with E-state index in [2.05, 4.69) is 12.2 Å². The van der Waals surface area contributed by atoms with Crippen molar-refractivity contribution < 1.29 is 13.2 Å². The highest BCUT2D eigenvalue weighted by molar-refractivity contribution is 5.46. The largest absolute Gasteiger partial charge is 0.380 e. The van der Waals surface area contributed by atoms with Crippen molar-refractivity contribution in [1.82, 2.24) is 0 Å². The summed E-state index contributed by atoms with van der Waals surface area (Å²) in [6, 6.07) is 1.71. The summed E-state index contributed by atoms with van der Waals surface area (Å²) in [7, 11) is 0. The van der Waals surface area contributed by atoms with Gasteiger partial charge in [-0.15, -0.1) is 0 Å². The second kappa shape index (κ2) is 7.00. The molecule has 1 saturated carbocycles. The predicted octanol–water partition coefficient (Wildman–Crippen LogP) is 5.26. The highest BCUT2D eigenvalue weighted by Gasteiger charge is 2.20. The molecule has 2 rings (SSSR count). The van der Waals surface area contributed by atoms with Crippen LogP contribution in [0.25, 0.3) is 0 Å². The van der Waals surface area contributed by atoms with E-state index in [0.717, 1.165) is 37.7 Å². The van der Waals surface area contributed by atoms with Crippen LogP contribution < -0.4 is 5.32 Å². The van der Waals surface area contributed by atoms with E-state index in [0.29, 0.717) is 6.07 Å². The molecule has 2 atom stereocenters. The minimum Gasteiger partial charge on any atom is -0.380 e. The number of nitrogens with one attached hydrogen (secondary N) is 1. The number of hydrogen-bond acceptors (Lipinski definition) is 1. The topological polar surface area (TPSA) is 12.0 Å². The fraction of sp³-hybridized carbons (Fsp3) is 0.625. The summed E-state index contributed by atoms with van der Waals surface area (Å²) in [6.45, 7) is 2.19. The third kappa shape index (κ3) is 3.90. The number of hydrogen-bond donors (Lipinski definition) is 1. The normalized spacial score (nSPS) is 23.4. The molecule has 0 spiro atoms. The second-order valence-electron chi connectivity index (χ2n) is 5.75. The molecule has 0 bridgehead atoms. The molecule has 20 heavy (non-hydrogen) atoms. The Bertz CT molecular complexity index is 448. The fourth-order valence-electron chi connectivity index (χ4n) is 3.10. The van der Waals surface area contributed by atoms with E-state index in [-0.39, 0.29) is 11.7 Å². The van der Waals surface area contributed by atoms with E-state index in [1.54, 1.807) is 0 Å². The maximum atomic E-state index is 13.6. The Kier molecular flexibility index (Phi) is 5.32. The van der Waals surface area contributed by atoms with Crippen LogP contribution in [-0.4, -0.2) is 6.04 Å². The molecule has 1 fully saturated rings. The van der Waals surface area contributed by atoms with Gasteiger partial charge in [-0.1, -0.05) is 32.6 Å². The Morgan fingerprint density at radius 2 is 1.90 bits per heavy atom. The molecule has 1 aliphatic carbocycles. The predicted molar refractivity (Wildman–Crippen MR) is 75.2 cm³/mol. The molecule has 0 aliphatic heterocycles. The van der Waals surface area contributed by atoms with Crippen LogP contribution in [0, 0.1) is 23.4 Å². The molecule has 0 heterocycles. The summed E-state index contributed by atoms with van der Waals surface area (Å²) in [5, 5.41) is 2.98. The molecular weight excluding hydrogens is 263 g/mol. The van der Waals surface area contributed by atoms with Gasteiger partial charge in [0.2, 0.25) is 0 Å². The summed E-state index contributed by atoms with van der Waals surface area (Å²) in [6.07, 6.45) is 7.67. The molecule has 1 nitrogen and oxygen atoms in total. The first-order valence-electron chi connectivity index (χ1n) is 7.51. The van der Waals surface area contributed by atoms with Crippen molar-refractivity contribution in [2.45, 2.75) is 57.9 Å². The van der Waals surface area contributed by atoms with Crippen molar-refractivity contribution >= 4 is 5.69 Å². The summed E-state index contributed by atoms with van der Waals surface area (Å²) in [4.78, 5) is 0. The number of anilines is 1. The van der Waals surface area contributed by atoms with Gasteiger partial charge in [0, 0.05) is 18.2 Å². The summed E-state index contributed by atoms with van der Waals surface area (Å²) in [5.41, 5.74) is -0.0542. The molecule has 112 valence electrons. The van der Waals surface area contributed by atoms with Gasteiger partial charge in [0.05, 0.1) is 5.69 Å². The van der Waals surface area contributed by atoms with Crippen LogP contribution in [0.1, 0.15) is 51.9 Å². The maximum Gasteiger partial charge on any atom is 0.182 e. The van der Waals surface area contributed by atoms with Crippen LogP contribution in [0.3, 0.4) is 0 Å². The Morgan fingerprint density at radius 1 is 1.10 bits per heavy atom. The van der Waals surface area contributed by atoms with E-state index in [1.807, 2.05) is 0 Å². The fourth-order valence-corrected chi connectivity index (χ4v) is 3.10. The van der Waals surface area contributed by atoms with Crippen LogP contribution in [0.4, 0.5) is 18.9 Å². The summed E-state index contributed by atoms with van der Waals surface area (Å²) < 4.78 is 40.0. The molecule has 1 aromatic rings. The monoisotopic (exact) mass is 285 g/mol. The van der Waals surface area contributed by atoms with Gasteiger partial charge >= 0.3 is 0 Å². The van der Waals surface area contributed by atoms with E-state index in [9.17, 15) is 13.2 Å². The van der Waals surface area contributed by atoms with Crippen molar-refractivity contribution in [2.75, 3.05) is 5.32 Å². The Labute approximate surface area is 118 Å². The van der Waals surface area contributed by atoms with E-state index < -0.39 is 17.5 Å². The van der Waals surface area contributed by atoms with E-state index in [1.165, 1.54) is 19.3 Å². The third-order valence-corrected chi connectivity index (χ3v) is 4.14. The smallest absolute Gasteiger partial charge is 0.182 e. The summed E-state index contributed by atoms with van der Waals surface area (Å²) in [5.74, 6) is -2.13. The SMILES string of the molecule is CCCC1CCCC(Nc2cc(F)cc(F)c2F)CC1. The highest BCUT2D eigenvalue weighted by Crippen LogP contribution is 2.29. The Balaban J connectivity index is 2.00. The van der Waals surface area contributed by atoms with Gasteiger partial charge in [-0.25, -0.2) is 13.2 Å². The van der Waals surface area contributed by atoms with E-state index in [4.69, 9.17) is 0 Å². The van der Waals surface area contributed by atoms with Crippen LogP contribution >= 0.6 is 0 Å². The molecule has 0 saturated heterocycles. The minimum absolute atomic E-state index is 0.0542. The van der Waals surface area contributed by atoms with Crippen molar-refractivity contribution in [3.8, 4) is 0 Å². The minimum atomic E-state index is -1.13. The van der Waals surface area contributed by atoms with E-state index >= 15 is 0 Å². The Morgan fingerprint density at radius 3 is 2.65 bits per heavy atom. The van der Waals surface area contributed by atoms with Crippen LogP contribution in [0.15, 0.2) is 12.1 Å². The zero-order valence-electron chi connectivity index (χ0n) is 11.9. The van der Waals surface area contributed by atoms with Crippen molar-refractivity contribution in [3.05, 3.63) is 29.6 Å². The first-order valence-corrected chi connectivity index (χ1v) is 7.51. The number of halogens is 3. The van der Waals surface area contributed by atoms with Crippen molar-refractivity contribution in [2.24, 2.45) is 5.92 Å². The average molecular weight is 285 g/mol. The quantitative estimate of drug-likeness (QED) is 0.587. The van der Waals surface area contributed by atoms with Gasteiger partial charge < -0.3 is 5.32 Å². The van der Waals surface area contributed by atoms with Crippen LogP contribution in [-0.2, 0) is 0 Å². The molecule has 1 aliphatic rings. The third-order valence-electron chi connectivity index (χ3n) is 4.14.